The quantitative estimate of drug-likeness (QED) is 0.813. The lowest BCUT2D eigenvalue weighted by Gasteiger charge is -2.14. The highest BCUT2D eigenvalue weighted by atomic mass is 32.2. The zero-order chi connectivity index (χ0) is 13.9. The summed E-state index contributed by atoms with van der Waals surface area (Å²) in [6.07, 6.45) is 2.52. The van der Waals surface area contributed by atoms with E-state index in [9.17, 15) is 8.42 Å². The van der Waals surface area contributed by atoms with Crippen LogP contribution in [0.25, 0.3) is 0 Å². The molecule has 0 heterocycles. The van der Waals surface area contributed by atoms with Gasteiger partial charge >= 0.3 is 0 Å². The highest BCUT2D eigenvalue weighted by Gasteiger charge is 2.42. The molecule has 1 aromatic rings. The Bertz CT molecular complexity index is 583. The number of hydrogen-bond donors (Lipinski definition) is 2. The summed E-state index contributed by atoms with van der Waals surface area (Å²) in [6.45, 7) is 0.439. The molecule has 1 aromatic carbocycles. The van der Waals surface area contributed by atoms with Crippen LogP contribution in [-0.2, 0) is 10.0 Å². The molecule has 102 valence electrons. The molecule has 0 amide bonds. The molecular weight excluding hydrogens is 264 g/mol. The van der Waals surface area contributed by atoms with E-state index in [0.717, 1.165) is 12.8 Å². The van der Waals surface area contributed by atoms with Gasteiger partial charge in [-0.05, 0) is 48.9 Å². The van der Waals surface area contributed by atoms with Gasteiger partial charge in [-0.1, -0.05) is 0 Å². The van der Waals surface area contributed by atoms with Gasteiger partial charge in [-0.2, -0.15) is 5.26 Å². The van der Waals surface area contributed by atoms with Crippen LogP contribution in [-0.4, -0.2) is 26.7 Å². The molecule has 0 spiro atoms. The zero-order valence-corrected chi connectivity index (χ0v) is 11.3. The molecule has 0 aromatic heterocycles. The molecule has 5 nitrogen and oxygen atoms in total. The Morgan fingerprint density at radius 1 is 1.32 bits per heavy atom. The molecule has 1 fully saturated rings. The molecule has 6 heteroatoms. The fourth-order valence-corrected chi connectivity index (χ4v) is 3.13. The van der Waals surface area contributed by atoms with E-state index >= 15 is 0 Å². The van der Waals surface area contributed by atoms with Crippen LogP contribution in [0, 0.1) is 16.7 Å². The van der Waals surface area contributed by atoms with Crippen LogP contribution in [0.4, 0.5) is 0 Å². The maximum atomic E-state index is 12.1. The van der Waals surface area contributed by atoms with Crippen LogP contribution in [0.1, 0.15) is 24.8 Å². The van der Waals surface area contributed by atoms with Crippen molar-refractivity contribution in [1.82, 2.24) is 4.72 Å². The van der Waals surface area contributed by atoms with E-state index in [0.29, 0.717) is 18.5 Å². The maximum Gasteiger partial charge on any atom is 0.240 e. The van der Waals surface area contributed by atoms with Crippen molar-refractivity contribution in [3.8, 4) is 6.07 Å². The summed E-state index contributed by atoms with van der Waals surface area (Å²) in [5.74, 6) is 0. The van der Waals surface area contributed by atoms with Crippen molar-refractivity contribution in [2.45, 2.75) is 24.2 Å². The first-order valence-corrected chi connectivity index (χ1v) is 7.60. The summed E-state index contributed by atoms with van der Waals surface area (Å²) in [6, 6.07) is 7.75. The van der Waals surface area contributed by atoms with Crippen molar-refractivity contribution in [3.05, 3.63) is 29.8 Å². The fraction of sp³-hybridized carbons (Fsp3) is 0.462. The predicted octanol–water partition coefficient (Wildman–Crippen LogP) is 0.999. The second-order valence-corrected chi connectivity index (χ2v) is 6.70. The molecule has 0 aliphatic heterocycles. The normalized spacial score (nSPS) is 16.8. The first kappa shape index (κ1) is 14.0. The molecule has 1 aliphatic carbocycles. The molecule has 0 bridgehead atoms. The number of aliphatic hydroxyl groups is 1. The Morgan fingerprint density at radius 3 is 2.42 bits per heavy atom. The Kier molecular flexibility index (Phi) is 3.90. The number of nitrogens with one attached hydrogen (secondary N) is 1. The predicted molar refractivity (Wildman–Crippen MR) is 69.7 cm³/mol. The molecule has 1 aliphatic rings. The third-order valence-electron chi connectivity index (χ3n) is 3.53. The van der Waals surface area contributed by atoms with E-state index in [-0.39, 0.29) is 16.9 Å². The third kappa shape index (κ3) is 3.32. The van der Waals surface area contributed by atoms with E-state index < -0.39 is 10.0 Å². The van der Waals surface area contributed by atoms with Crippen molar-refractivity contribution < 1.29 is 13.5 Å². The molecule has 0 radical (unpaired) electrons. The molecule has 0 atom stereocenters. The van der Waals surface area contributed by atoms with Gasteiger partial charge in [-0.25, -0.2) is 13.1 Å². The standard InChI is InChI=1S/C13H16N2O3S/c14-9-11-1-3-12(4-2-11)19(17,18)15-10-13(5-6-13)7-8-16/h1-4,15-16H,5-8,10H2. The van der Waals surface area contributed by atoms with Crippen LogP contribution in [0.3, 0.4) is 0 Å². The molecular formula is C13H16N2O3S. The first-order chi connectivity index (χ1) is 9.01. The van der Waals surface area contributed by atoms with Crippen molar-refractivity contribution in [2.24, 2.45) is 5.41 Å². The monoisotopic (exact) mass is 280 g/mol. The molecule has 2 rings (SSSR count). The lowest BCUT2D eigenvalue weighted by atomic mass is 10.0. The smallest absolute Gasteiger partial charge is 0.240 e. The van der Waals surface area contributed by atoms with Gasteiger partial charge in [-0.15, -0.1) is 0 Å². The minimum atomic E-state index is -3.54. The average Bonchev–Trinajstić information content (AvgIpc) is 3.18. The lowest BCUT2D eigenvalue weighted by Crippen LogP contribution is -2.30. The summed E-state index contributed by atoms with van der Waals surface area (Å²) in [5.41, 5.74) is 0.368. The molecule has 1 saturated carbocycles. The molecule has 2 N–H and O–H groups in total. The highest BCUT2D eigenvalue weighted by Crippen LogP contribution is 2.48. The zero-order valence-electron chi connectivity index (χ0n) is 10.5. The van der Waals surface area contributed by atoms with Gasteiger partial charge in [0, 0.05) is 13.2 Å². The fourth-order valence-electron chi connectivity index (χ4n) is 1.97. The number of nitriles is 1. The Hall–Kier alpha value is -1.42. The van der Waals surface area contributed by atoms with E-state index in [1.807, 2.05) is 6.07 Å². The SMILES string of the molecule is N#Cc1ccc(S(=O)(=O)NCC2(CCO)CC2)cc1. The topological polar surface area (TPSA) is 90.2 Å². The van der Waals surface area contributed by atoms with Gasteiger partial charge in [0.15, 0.2) is 0 Å². The van der Waals surface area contributed by atoms with Crippen LogP contribution in [0.15, 0.2) is 29.2 Å². The second-order valence-electron chi connectivity index (χ2n) is 4.93. The van der Waals surface area contributed by atoms with Crippen LogP contribution in [0.5, 0.6) is 0 Å². The van der Waals surface area contributed by atoms with Gasteiger partial charge in [0.1, 0.15) is 0 Å². The average molecular weight is 280 g/mol. The van der Waals surface area contributed by atoms with Crippen molar-refractivity contribution in [3.63, 3.8) is 0 Å². The molecule has 0 saturated heterocycles. The highest BCUT2D eigenvalue weighted by molar-refractivity contribution is 7.89. The first-order valence-electron chi connectivity index (χ1n) is 6.12. The molecule has 19 heavy (non-hydrogen) atoms. The number of hydrogen-bond acceptors (Lipinski definition) is 4. The largest absolute Gasteiger partial charge is 0.396 e. The van der Waals surface area contributed by atoms with Crippen LogP contribution in [0.2, 0.25) is 0 Å². The number of rotatable bonds is 6. The van der Waals surface area contributed by atoms with Crippen LogP contribution >= 0.6 is 0 Å². The van der Waals surface area contributed by atoms with E-state index in [2.05, 4.69) is 4.72 Å². The Labute approximate surface area is 112 Å². The van der Waals surface area contributed by atoms with Gasteiger partial charge in [-0.3, -0.25) is 0 Å². The summed E-state index contributed by atoms with van der Waals surface area (Å²) >= 11 is 0. The van der Waals surface area contributed by atoms with Gasteiger partial charge in [0.05, 0.1) is 16.5 Å². The summed E-state index contributed by atoms with van der Waals surface area (Å²) in [5, 5.41) is 17.6. The lowest BCUT2D eigenvalue weighted by molar-refractivity contribution is 0.249. The van der Waals surface area contributed by atoms with Crippen molar-refractivity contribution >= 4 is 10.0 Å². The molecule has 0 unspecified atom stereocenters. The number of sulfonamides is 1. The van der Waals surface area contributed by atoms with Gasteiger partial charge < -0.3 is 5.11 Å². The van der Waals surface area contributed by atoms with Gasteiger partial charge in [0.25, 0.3) is 0 Å². The Balaban J connectivity index is 2.04. The van der Waals surface area contributed by atoms with Crippen molar-refractivity contribution in [2.75, 3.05) is 13.2 Å². The second kappa shape index (κ2) is 5.29. The minimum absolute atomic E-state index is 0.0611. The van der Waals surface area contributed by atoms with E-state index in [4.69, 9.17) is 10.4 Å². The van der Waals surface area contributed by atoms with Gasteiger partial charge in [0.2, 0.25) is 10.0 Å². The number of aliphatic hydroxyl groups excluding tert-OH is 1. The number of benzene rings is 1. The third-order valence-corrected chi connectivity index (χ3v) is 4.95. The minimum Gasteiger partial charge on any atom is -0.396 e. The summed E-state index contributed by atoms with van der Waals surface area (Å²) in [4.78, 5) is 0.159. The van der Waals surface area contributed by atoms with E-state index in [1.165, 1.54) is 24.3 Å². The van der Waals surface area contributed by atoms with Crippen molar-refractivity contribution in [1.29, 1.82) is 5.26 Å². The van der Waals surface area contributed by atoms with Crippen LogP contribution < -0.4 is 4.72 Å². The summed E-state index contributed by atoms with van der Waals surface area (Å²) in [7, 11) is -3.54. The van der Waals surface area contributed by atoms with E-state index in [1.54, 1.807) is 0 Å². The maximum absolute atomic E-state index is 12.1. The Morgan fingerprint density at radius 2 is 1.95 bits per heavy atom. The number of nitrogens with zero attached hydrogens (tertiary/aromatic N) is 1. The summed E-state index contributed by atoms with van der Waals surface area (Å²) < 4.78 is 26.7.